The van der Waals surface area contributed by atoms with Crippen molar-refractivity contribution in [2.75, 3.05) is 0 Å². The Morgan fingerprint density at radius 1 is 1.50 bits per heavy atom. The Bertz CT molecular complexity index is 437. The van der Waals surface area contributed by atoms with Crippen LogP contribution in [0.5, 0.6) is 0 Å². The minimum Gasteiger partial charge on any atom is -0.303 e. The van der Waals surface area contributed by atoms with Crippen LogP contribution in [0.1, 0.15) is 10.5 Å². The van der Waals surface area contributed by atoms with Crippen molar-refractivity contribution in [2.45, 2.75) is 0 Å². The molecule has 0 unspecified atom stereocenters. The summed E-state index contributed by atoms with van der Waals surface area (Å²) in [5.74, 6) is 0. The van der Waals surface area contributed by atoms with E-state index in [4.69, 9.17) is 11.6 Å². The normalized spacial score (nSPS) is 10.4. The lowest BCUT2D eigenvalue weighted by molar-refractivity contribution is 0.107. The maximum absolute atomic E-state index is 10.7. The lowest BCUT2D eigenvalue weighted by atomic mass is 10.5. The van der Waals surface area contributed by atoms with Crippen molar-refractivity contribution in [1.82, 2.24) is 14.4 Å². The third-order valence-corrected chi connectivity index (χ3v) is 1.67. The van der Waals surface area contributed by atoms with Gasteiger partial charge >= 0.3 is 0 Å². The van der Waals surface area contributed by atoms with Crippen LogP contribution in [0.2, 0.25) is 0 Å². The Balaban J connectivity index is 2.68. The lowest BCUT2D eigenvalue weighted by Gasteiger charge is -1.94. The monoisotopic (exact) mass is 181 g/mol. The van der Waals surface area contributed by atoms with Crippen molar-refractivity contribution in [1.29, 1.82) is 0 Å². The highest BCUT2D eigenvalue weighted by atomic mass is 35.5. The van der Waals surface area contributed by atoms with Gasteiger partial charge in [0.1, 0.15) is 5.69 Å². The van der Waals surface area contributed by atoms with Crippen molar-refractivity contribution < 1.29 is 4.79 Å². The molecule has 0 bridgehead atoms. The molecule has 0 aliphatic heterocycles. The van der Waals surface area contributed by atoms with E-state index in [-0.39, 0.29) is 5.69 Å². The summed E-state index contributed by atoms with van der Waals surface area (Å²) in [7, 11) is 0. The molecule has 4 nitrogen and oxygen atoms in total. The number of carbonyl (C=O) groups is 1. The summed E-state index contributed by atoms with van der Waals surface area (Å²) in [6, 6.07) is 0. The lowest BCUT2D eigenvalue weighted by Crippen LogP contribution is -1.96. The van der Waals surface area contributed by atoms with Crippen LogP contribution < -0.4 is 0 Å². The molecule has 0 spiro atoms. The van der Waals surface area contributed by atoms with E-state index in [1.54, 1.807) is 16.8 Å². The Kier molecular flexibility index (Phi) is 1.55. The predicted octanol–water partition coefficient (Wildman–Crippen LogP) is 1.11. The maximum Gasteiger partial charge on any atom is 0.272 e. The number of rotatable bonds is 1. The van der Waals surface area contributed by atoms with Gasteiger partial charge in [0, 0.05) is 18.6 Å². The summed E-state index contributed by atoms with van der Waals surface area (Å²) < 4.78 is 1.68. The van der Waals surface area contributed by atoms with E-state index in [1.807, 2.05) is 0 Å². The molecule has 0 amide bonds. The van der Waals surface area contributed by atoms with Crippen LogP contribution in [0.15, 0.2) is 24.8 Å². The van der Waals surface area contributed by atoms with Gasteiger partial charge in [-0.25, -0.2) is 9.97 Å². The first kappa shape index (κ1) is 7.24. The number of halogens is 1. The van der Waals surface area contributed by atoms with E-state index in [9.17, 15) is 4.79 Å². The first-order valence-corrected chi connectivity index (χ1v) is 3.64. The predicted molar refractivity (Wildman–Crippen MR) is 43.2 cm³/mol. The fourth-order valence-corrected chi connectivity index (χ4v) is 1.03. The third kappa shape index (κ3) is 1.06. The number of hydrogen-bond donors (Lipinski definition) is 0. The van der Waals surface area contributed by atoms with Crippen molar-refractivity contribution in [3.8, 4) is 0 Å². The molecule has 2 aromatic heterocycles. The quantitative estimate of drug-likeness (QED) is 0.620. The highest BCUT2D eigenvalue weighted by Crippen LogP contribution is 2.02. The minimum absolute atomic E-state index is 0.224. The number of fused-ring (bicyclic) bond motifs is 1. The van der Waals surface area contributed by atoms with Crippen molar-refractivity contribution in [3.63, 3.8) is 0 Å². The smallest absolute Gasteiger partial charge is 0.272 e. The first-order valence-electron chi connectivity index (χ1n) is 3.26. The van der Waals surface area contributed by atoms with E-state index in [0.717, 1.165) is 0 Å². The van der Waals surface area contributed by atoms with Crippen LogP contribution in [0.25, 0.3) is 5.65 Å². The molecule has 0 atom stereocenters. The van der Waals surface area contributed by atoms with Crippen LogP contribution >= 0.6 is 11.6 Å². The number of hydrogen-bond acceptors (Lipinski definition) is 3. The average molecular weight is 182 g/mol. The second kappa shape index (κ2) is 2.57. The number of aromatic nitrogens is 3. The molecule has 0 saturated heterocycles. The van der Waals surface area contributed by atoms with Gasteiger partial charge in [0.25, 0.3) is 5.24 Å². The molecule has 60 valence electrons. The fraction of sp³-hybridized carbons (Fsp3) is 0. The highest BCUT2D eigenvalue weighted by Gasteiger charge is 2.03. The molecule has 0 radical (unpaired) electrons. The molecular weight excluding hydrogens is 178 g/mol. The number of imidazole rings is 1. The van der Waals surface area contributed by atoms with Gasteiger partial charge < -0.3 is 4.40 Å². The van der Waals surface area contributed by atoms with Crippen LogP contribution in [-0.2, 0) is 0 Å². The molecule has 0 aromatic carbocycles. The van der Waals surface area contributed by atoms with Gasteiger partial charge in [0.05, 0.1) is 6.20 Å². The second-order valence-electron chi connectivity index (χ2n) is 2.24. The van der Waals surface area contributed by atoms with Gasteiger partial charge in [0.15, 0.2) is 5.65 Å². The van der Waals surface area contributed by atoms with E-state index in [2.05, 4.69) is 9.97 Å². The summed E-state index contributed by atoms with van der Waals surface area (Å²) in [6.45, 7) is 0. The van der Waals surface area contributed by atoms with Crippen LogP contribution in [0.3, 0.4) is 0 Å². The van der Waals surface area contributed by atoms with Crippen molar-refractivity contribution in [3.05, 3.63) is 30.5 Å². The molecule has 2 rings (SSSR count). The van der Waals surface area contributed by atoms with Gasteiger partial charge in [-0.2, -0.15) is 0 Å². The Morgan fingerprint density at radius 2 is 2.33 bits per heavy atom. The molecule has 2 heterocycles. The van der Waals surface area contributed by atoms with E-state index in [1.165, 1.54) is 12.4 Å². The Morgan fingerprint density at radius 3 is 3.08 bits per heavy atom. The topological polar surface area (TPSA) is 47.3 Å². The summed E-state index contributed by atoms with van der Waals surface area (Å²) in [6.07, 6.45) is 6.38. The molecule has 0 aliphatic rings. The number of carbonyl (C=O) groups excluding carboxylic acids is 1. The second-order valence-corrected chi connectivity index (χ2v) is 2.58. The summed E-state index contributed by atoms with van der Waals surface area (Å²) in [5.41, 5.74) is 0.916. The van der Waals surface area contributed by atoms with Gasteiger partial charge in [0.2, 0.25) is 0 Å². The third-order valence-electron chi connectivity index (χ3n) is 1.48. The molecule has 12 heavy (non-hydrogen) atoms. The van der Waals surface area contributed by atoms with Crippen LogP contribution in [-0.4, -0.2) is 19.6 Å². The highest BCUT2D eigenvalue weighted by molar-refractivity contribution is 6.67. The van der Waals surface area contributed by atoms with Crippen LogP contribution in [0, 0.1) is 0 Å². The maximum atomic E-state index is 10.7. The van der Waals surface area contributed by atoms with E-state index in [0.29, 0.717) is 5.65 Å². The zero-order valence-corrected chi connectivity index (χ0v) is 6.69. The summed E-state index contributed by atoms with van der Waals surface area (Å²) in [5, 5.41) is -0.564. The first-order chi connectivity index (χ1) is 5.77. The SMILES string of the molecule is O=C(Cl)c1cn2ccnc2cn1. The molecule has 5 heteroatoms. The Labute approximate surface area is 72.8 Å². The van der Waals surface area contributed by atoms with Gasteiger partial charge in [-0.15, -0.1) is 0 Å². The molecule has 0 N–H and O–H groups in total. The van der Waals surface area contributed by atoms with Crippen molar-refractivity contribution >= 4 is 22.5 Å². The van der Waals surface area contributed by atoms with Gasteiger partial charge in [-0.05, 0) is 11.6 Å². The standard InChI is InChI=1S/C7H4ClN3O/c8-7(12)5-4-11-2-1-9-6(11)3-10-5/h1-4H. The van der Waals surface area contributed by atoms with Crippen LogP contribution in [0.4, 0.5) is 0 Å². The average Bonchev–Trinajstić information content (AvgIpc) is 2.49. The molecular formula is C7H4ClN3O. The summed E-state index contributed by atoms with van der Waals surface area (Å²) >= 11 is 5.24. The molecule has 0 aliphatic carbocycles. The Hall–Kier alpha value is -1.42. The largest absolute Gasteiger partial charge is 0.303 e. The van der Waals surface area contributed by atoms with E-state index >= 15 is 0 Å². The van der Waals surface area contributed by atoms with E-state index < -0.39 is 5.24 Å². The van der Waals surface area contributed by atoms with Crippen molar-refractivity contribution in [2.24, 2.45) is 0 Å². The van der Waals surface area contributed by atoms with Gasteiger partial charge in [-0.1, -0.05) is 0 Å². The fourth-order valence-electron chi connectivity index (χ4n) is 0.928. The zero-order chi connectivity index (χ0) is 8.55. The molecule has 0 saturated carbocycles. The minimum atomic E-state index is -0.564. The molecule has 0 fully saturated rings. The zero-order valence-electron chi connectivity index (χ0n) is 5.94. The van der Waals surface area contributed by atoms with Gasteiger partial charge in [-0.3, -0.25) is 4.79 Å². The number of nitrogens with zero attached hydrogens (tertiary/aromatic N) is 3. The summed E-state index contributed by atoms with van der Waals surface area (Å²) in [4.78, 5) is 18.5. The molecule has 2 aromatic rings.